The maximum Gasteiger partial charge on any atom is 0.305 e. The zero-order chi connectivity index (χ0) is 8.69. The summed E-state index contributed by atoms with van der Waals surface area (Å²) in [6, 6.07) is 0. The van der Waals surface area contributed by atoms with E-state index in [0.717, 1.165) is 6.42 Å². The largest absolute Gasteiger partial charge is 0.469 e. The molecule has 0 radical (unpaired) electrons. The minimum absolute atomic E-state index is 0.0917. The average Bonchev–Trinajstić information content (AvgIpc) is 2.00. The molecule has 2 nitrogen and oxygen atoms in total. The Morgan fingerprint density at radius 2 is 2.27 bits per heavy atom. The highest BCUT2D eigenvalue weighted by Crippen LogP contribution is 2.11. The van der Waals surface area contributed by atoms with Gasteiger partial charge >= 0.3 is 5.97 Å². The fourth-order valence-electron chi connectivity index (χ4n) is 0.896. The van der Waals surface area contributed by atoms with E-state index in [4.69, 9.17) is 0 Å². The second-order valence-corrected chi connectivity index (χ2v) is 3.80. The van der Waals surface area contributed by atoms with Crippen LogP contribution in [0.4, 0.5) is 0 Å². The maximum atomic E-state index is 10.8. The van der Waals surface area contributed by atoms with E-state index in [-0.39, 0.29) is 5.97 Å². The van der Waals surface area contributed by atoms with Gasteiger partial charge in [0.2, 0.25) is 0 Å². The molecular formula is C8H15IO2. The summed E-state index contributed by atoms with van der Waals surface area (Å²) >= 11 is 2.35. The fourth-order valence-corrected chi connectivity index (χ4v) is 1.34. The van der Waals surface area contributed by atoms with Crippen LogP contribution >= 0.6 is 22.6 Å². The molecule has 0 aromatic rings. The Kier molecular flexibility index (Phi) is 7.01. The highest BCUT2D eigenvalue weighted by Gasteiger charge is 2.07. The van der Waals surface area contributed by atoms with Crippen molar-refractivity contribution in [3.8, 4) is 0 Å². The van der Waals surface area contributed by atoms with E-state index < -0.39 is 0 Å². The van der Waals surface area contributed by atoms with Crippen molar-refractivity contribution < 1.29 is 9.53 Å². The van der Waals surface area contributed by atoms with Gasteiger partial charge in [0.15, 0.2) is 0 Å². The number of hydrogen-bond donors (Lipinski definition) is 0. The molecule has 0 aliphatic heterocycles. The summed E-state index contributed by atoms with van der Waals surface area (Å²) < 4.78 is 5.73. The number of methoxy groups -OCH3 is 1. The molecule has 0 spiro atoms. The topological polar surface area (TPSA) is 26.3 Å². The molecule has 0 saturated heterocycles. The molecule has 0 saturated carbocycles. The van der Waals surface area contributed by atoms with Gasteiger partial charge in [0.05, 0.1) is 7.11 Å². The number of alkyl halides is 1. The number of hydrogen-bond acceptors (Lipinski definition) is 2. The molecule has 0 aromatic carbocycles. The molecule has 0 aromatic heterocycles. The lowest BCUT2D eigenvalue weighted by Crippen LogP contribution is -2.07. The van der Waals surface area contributed by atoms with Crippen LogP contribution in [-0.2, 0) is 9.53 Å². The van der Waals surface area contributed by atoms with E-state index in [9.17, 15) is 4.79 Å². The lowest BCUT2D eigenvalue weighted by Gasteiger charge is -2.07. The van der Waals surface area contributed by atoms with Gasteiger partial charge in [0, 0.05) is 6.42 Å². The highest BCUT2D eigenvalue weighted by atomic mass is 127. The van der Waals surface area contributed by atoms with Crippen molar-refractivity contribution in [3.05, 3.63) is 0 Å². The average molecular weight is 270 g/mol. The highest BCUT2D eigenvalue weighted by molar-refractivity contribution is 14.1. The third-order valence-electron chi connectivity index (χ3n) is 1.57. The zero-order valence-electron chi connectivity index (χ0n) is 7.10. The van der Waals surface area contributed by atoms with Crippen LogP contribution in [0, 0.1) is 5.92 Å². The molecule has 0 amide bonds. The van der Waals surface area contributed by atoms with Crippen molar-refractivity contribution in [1.29, 1.82) is 0 Å². The molecule has 0 heterocycles. The van der Waals surface area contributed by atoms with Crippen LogP contribution < -0.4 is 0 Å². The van der Waals surface area contributed by atoms with Crippen molar-refractivity contribution >= 4 is 28.6 Å². The first-order valence-electron chi connectivity index (χ1n) is 3.83. The number of rotatable bonds is 5. The van der Waals surface area contributed by atoms with Gasteiger partial charge in [-0.05, 0) is 23.2 Å². The monoisotopic (exact) mass is 270 g/mol. The summed E-state index contributed by atoms with van der Waals surface area (Å²) in [6.07, 6.45) is 2.88. The van der Waals surface area contributed by atoms with Gasteiger partial charge in [0.1, 0.15) is 0 Å². The minimum atomic E-state index is -0.0917. The molecule has 0 aliphatic rings. The predicted octanol–water partition coefficient (Wildman–Crippen LogP) is 2.40. The van der Waals surface area contributed by atoms with Gasteiger partial charge in [-0.2, -0.15) is 0 Å². The van der Waals surface area contributed by atoms with Crippen LogP contribution in [0.1, 0.15) is 26.2 Å². The van der Waals surface area contributed by atoms with E-state index in [1.807, 2.05) is 0 Å². The van der Waals surface area contributed by atoms with Crippen LogP contribution in [-0.4, -0.2) is 17.5 Å². The van der Waals surface area contributed by atoms with Gasteiger partial charge < -0.3 is 4.74 Å². The Bertz CT molecular complexity index is 115. The number of carbonyl (C=O) groups excluding carboxylic acids is 1. The molecule has 11 heavy (non-hydrogen) atoms. The summed E-state index contributed by atoms with van der Waals surface area (Å²) in [7, 11) is 1.44. The van der Waals surface area contributed by atoms with Crippen LogP contribution in [0.25, 0.3) is 0 Å². The van der Waals surface area contributed by atoms with Gasteiger partial charge in [-0.3, -0.25) is 4.79 Å². The van der Waals surface area contributed by atoms with Crippen molar-refractivity contribution in [2.75, 3.05) is 11.5 Å². The van der Waals surface area contributed by atoms with Crippen LogP contribution in [0.2, 0.25) is 0 Å². The van der Waals surface area contributed by atoms with E-state index in [1.165, 1.54) is 18.0 Å². The van der Waals surface area contributed by atoms with Gasteiger partial charge in [0.25, 0.3) is 0 Å². The molecule has 66 valence electrons. The molecule has 0 bridgehead atoms. The number of halogens is 1. The lowest BCUT2D eigenvalue weighted by atomic mass is 10.0. The van der Waals surface area contributed by atoms with Crippen LogP contribution in [0.15, 0.2) is 0 Å². The molecule has 0 fully saturated rings. The van der Waals surface area contributed by atoms with Gasteiger partial charge in [-0.1, -0.05) is 29.5 Å². The second kappa shape index (κ2) is 6.88. The normalized spacial score (nSPS) is 12.6. The van der Waals surface area contributed by atoms with Crippen LogP contribution in [0.5, 0.6) is 0 Å². The quantitative estimate of drug-likeness (QED) is 0.435. The molecule has 0 N–H and O–H groups in total. The predicted molar refractivity (Wildman–Crippen MR) is 53.9 cm³/mol. The van der Waals surface area contributed by atoms with Gasteiger partial charge in [-0.25, -0.2) is 0 Å². The number of esters is 1. The number of carbonyl (C=O) groups is 1. The third-order valence-corrected chi connectivity index (χ3v) is 2.34. The van der Waals surface area contributed by atoms with Crippen molar-refractivity contribution in [1.82, 2.24) is 0 Å². The number of ether oxygens (including phenoxy) is 1. The first-order chi connectivity index (χ1) is 5.20. The van der Waals surface area contributed by atoms with Crippen molar-refractivity contribution in [2.45, 2.75) is 26.2 Å². The Morgan fingerprint density at radius 3 is 2.73 bits per heavy atom. The Hall–Kier alpha value is 0.200. The summed E-state index contributed by atoms with van der Waals surface area (Å²) in [5.41, 5.74) is 0. The first kappa shape index (κ1) is 11.2. The SMILES string of the molecule is COC(=O)C[C@@H](C)CCCI. The van der Waals surface area contributed by atoms with E-state index in [2.05, 4.69) is 34.3 Å². The molecular weight excluding hydrogens is 255 g/mol. The first-order valence-corrected chi connectivity index (χ1v) is 5.36. The minimum Gasteiger partial charge on any atom is -0.469 e. The Balaban J connectivity index is 3.35. The van der Waals surface area contributed by atoms with Crippen molar-refractivity contribution in [2.24, 2.45) is 5.92 Å². The van der Waals surface area contributed by atoms with E-state index >= 15 is 0 Å². The second-order valence-electron chi connectivity index (χ2n) is 2.72. The summed E-state index contributed by atoms with van der Waals surface area (Å²) in [5.74, 6) is 0.378. The van der Waals surface area contributed by atoms with Crippen LogP contribution in [0.3, 0.4) is 0 Å². The zero-order valence-corrected chi connectivity index (χ0v) is 9.26. The molecule has 0 aliphatic carbocycles. The molecule has 0 rings (SSSR count). The standard InChI is InChI=1S/C8H15IO2/c1-7(4-3-5-9)6-8(10)11-2/h7H,3-6H2,1-2H3/t7-/m0/s1. The summed E-state index contributed by atoms with van der Waals surface area (Å²) in [4.78, 5) is 10.8. The van der Waals surface area contributed by atoms with E-state index in [1.54, 1.807) is 0 Å². The van der Waals surface area contributed by atoms with Gasteiger partial charge in [-0.15, -0.1) is 0 Å². The third kappa shape index (κ3) is 6.59. The lowest BCUT2D eigenvalue weighted by molar-refractivity contribution is -0.141. The Labute approximate surface area is 81.8 Å². The fraction of sp³-hybridized carbons (Fsp3) is 0.875. The molecule has 1 atom stereocenters. The molecule has 0 unspecified atom stereocenters. The smallest absolute Gasteiger partial charge is 0.305 e. The Morgan fingerprint density at radius 1 is 1.64 bits per heavy atom. The maximum absolute atomic E-state index is 10.8. The summed E-state index contributed by atoms with van der Waals surface area (Å²) in [6.45, 7) is 2.09. The van der Waals surface area contributed by atoms with Crippen molar-refractivity contribution in [3.63, 3.8) is 0 Å². The molecule has 3 heteroatoms. The summed E-state index contributed by atoms with van der Waals surface area (Å²) in [5, 5.41) is 0. The van der Waals surface area contributed by atoms with E-state index in [0.29, 0.717) is 12.3 Å².